The minimum atomic E-state index is -0.395. The van der Waals surface area contributed by atoms with Crippen LogP contribution in [0.4, 0.5) is 4.39 Å². The molecule has 4 aromatic rings. The van der Waals surface area contributed by atoms with Gasteiger partial charge in [-0.15, -0.1) is 0 Å². The summed E-state index contributed by atoms with van der Waals surface area (Å²) < 4.78 is 30.3. The summed E-state index contributed by atoms with van der Waals surface area (Å²) >= 11 is 0. The average molecular weight is 559 g/mol. The zero-order valence-corrected chi connectivity index (χ0v) is 22.8. The maximum atomic E-state index is 13.9. The first-order chi connectivity index (χ1) is 19.9. The molecule has 8 nitrogen and oxygen atoms in total. The van der Waals surface area contributed by atoms with Crippen LogP contribution in [0.25, 0.3) is 11.0 Å². The minimum absolute atomic E-state index is 0.0511. The van der Waals surface area contributed by atoms with E-state index in [-0.39, 0.29) is 49.5 Å². The third kappa shape index (κ3) is 6.81. The third-order valence-corrected chi connectivity index (χ3v) is 7.13. The second-order valence-corrected chi connectivity index (χ2v) is 10.0. The predicted molar refractivity (Wildman–Crippen MR) is 151 cm³/mol. The van der Waals surface area contributed by atoms with E-state index in [1.165, 1.54) is 35.3 Å². The summed E-state index contributed by atoms with van der Waals surface area (Å²) in [6, 6.07) is 19.5. The molecule has 0 N–H and O–H groups in total. The molecule has 1 aromatic heterocycles. The van der Waals surface area contributed by atoms with Crippen LogP contribution in [0.2, 0.25) is 0 Å². The van der Waals surface area contributed by atoms with Gasteiger partial charge in [-0.25, -0.2) is 4.39 Å². The van der Waals surface area contributed by atoms with Crippen molar-refractivity contribution in [1.82, 2.24) is 9.80 Å². The number of methoxy groups -OCH3 is 1. The Hall–Kier alpha value is -4.50. The Kier molecular flexibility index (Phi) is 8.74. The molecule has 41 heavy (non-hydrogen) atoms. The SMILES string of the molecule is COc1cccc(C(=O)N(CC(=O)N(Cc2ccc(F)cc2)Cc2coc3ccccc3c2=O)CC2CCCO2)c1. The van der Waals surface area contributed by atoms with Crippen molar-refractivity contribution in [3.63, 3.8) is 0 Å². The number of ether oxygens (including phenoxy) is 2. The first-order valence-electron chi connectivity index (χ1n) is 13.5. The topological polar surface area (TPSA) is 89.3 Å². The molecule has 1 atom stereocenters. The van der Waals surface area contributed by atoms with Crippen LogP contribution in [0.15, 0.2) is 88.3 Å². The molecule has 1 aliphatic rings. The van der Waals surface area contributed by atoms with E-state index in [1.807, 2.05) is 0 Å². The standard InChI is InChI=1S/C32H31FN2O6/c1-39-26-7-4-6-23(16-26)32(38)35(19-27-8-5-15-40-27)20-30(36)34(17-22-11-13-25(33)14-12-22)18-24-21-41-29-10-3-2-9-28(29)31(24)37/h2-4,6-7,9-14,16,21,27H,5,8,15,17-20H2,1H3. The van der Waals surface area contributed by atoms with Crippen molar-refractivity contribution in [1.29, 1.82) is 0 Å². The average Bonchev–Trinajstić information content (AvgIpc) is 3.52. The van der Waals surface area contributed by atoms with Gasteiger partial charge in [0.05, 0.1) is 37.0 Å². The Morgan fingerprint density at radius 3 is 2.56 bits per heavy atom. The maximum Gasteiger partial charge on any atom is 0.254 e. The van der Waals surface area contributed by atoms with Crippen LogP contribution in [-0.2, 0) is 22.6 Å². The van der Waals surface area contributed by atoms with E-state index >= 15 is 0 Å². The number of rotatable bonds is 10. The van der Waals surface area contributed by atoms with E-state index < -0.39 is 5.82 Å². The molecule has 3 aromatic carbocycles. The van der Waals surface area contributed by atoms with E-state index in [0.717, 1.165) is 12.8 Å². The van der Waals surface area contributed by atoms with E-state index in [4.69, 9.17) is 13.9 Å². The maximum absolute atomic E-state index is 13.9. The van der Waals surface area contributed by atoms with Crippen LogP contribution in [-0.4, -0.2) is 54.5 Å². The molecule has 5 rings (SSSR count). The molecular formula is C32H31FN2O6. The summed E-state index contributed by atoms with van der Waals surface area (Å²) in [5, 5.41) is 0.410. The van der Waals surface area contributed by atoms with E-state index in [2.05, 4.69) is 0 Å². The molecule has 9 heteroatoms. The van der Waals surface area contributed by atoms with Crippen LogP contribution in [0.3, 0.4) is 0 Å². The van der Waals surface area contributed by atoms with Gasteiger partial charge in [0.1, 0.15) is 23.7 Å². The van der Waals surface area contributed by atoms with Gasteiger partial charge in [0.25, 0.3) is 5.91 Å². The number of para-hydroxylation sites is 1. The Morgan fingerprint density at radius 1 is 1.00 bits per heavy atom. The summed E-state index contributed by atoms with van der Waals surface area (Å²) in [6.07, 6.45) is 2.85. The van der Waals surface area contributed by atoms with Gasteiger partial charge in [-0.3, -0.25) is 14.4 Å². The minimum Gasteiger partial charge on any atom is -0.497 e. The largest absolute Gasteiger partial charge is 0.497 e. The first-order valence-corrected chi connectivity index (χ1v) is 13.5. The highest BCUT2D eigenvalue weighted by molar-refractivity contribution is 5.97. The van der Waals surface area contributed by atoms with Crippen LogP contribution in [0.1, 0.15) is 34.3 Å². The summed E-state index contributed by atoms with van der Waals surface area (Å²) in [6.45, 7) is 0.658. The molecule has 0 spiro atoms. The quantitative estimate of drug-likeness (QED) is 0.278. The highest BCUT2D eigenvalue weighted by atomic mass is 19.1. The third-order valence-electron chi connectivity index (χ3n) is 7.13. The van der Waals surface area contributed by atoms with Gasteiger partial charge in [-0.1, -0.05) is 30.3 Å². The molecule has 2 heterocycles. The van der Waals surface area contributed by atoms with Gasteiger partial charge in [0, 0.05) is 25.3 Å². The van der Waals surface area contributed by atoms with Crippen molar-refractivity contribution in [3.05, 3.63) is 112 Å². The number of hydrogen-bond donors (Lipinski definition) is 0. The molecule has 2 amide bonds. The highest BCUT2D eigenvalue weighted by Crippen LogP contribution is 2.20. The van der Waals surface area contributed by atoms with Crippen molar-refractivity contribution in [2.24, 2.45) is 0 Å². The first kappa shape index (κ1) is 28.0. The molecule has 0 radical (unpaired) electrons. The number of carbonyl (C=O) groups excluding carboxylic acids is 2. The van der Waals surface area contributed by atoms with Gasteiger partial charge in [-0.05, 0) is 60.9 Å². The van der Waals surface area contributed by atoms with Gasteiger partial charge in [-0.2, -0.15) is 0 Å². The van der Waals surface area contributed by atoms with Gasteiger partial charge >= 0.3 is 0 Å². The molecule has 0 bridgehead atoms. The molecular weight excluding hydrogens is 527 g/mol. The molecule has 1 aliphatic heterocycles. The lowest BCUT2D eigenvalue weighted by molar-refractivity contribution is -0.133. The van der Waals surface area contributed by atoms with Crippen LogP contribution >= 0.6 is 0 Å². The van der Waals surface area contributed by atoms with E-state index in [9.17, 15) is 18.8 Å². The lowest BCUT2D eigenvalue weighted by Crippen LogP contribution is -2.45. The van der Waals surface area contributed by atoms with Gasteiger partial charge in [0.2, 0.25) is 5.91 Å². The summed E-state index contributed by atoms with van der Waals surface area (Å²) in [5.74, 6) is -0.579. The van der Waals surface area contributed by atoms with Crippen molar-refractivity contribution >= 4 is 22.8 Å². The zero-order chi connectivity index (χ0) is 28.8. The number of hydrogen-bond acceptors (Lipinski definition) is 6. The fourth-order valence-electron chi connectivity index (χ4n) is 4.93. The second kappa shape index (κ2) is 12.8. The number of benzene rings is 3. The number of nitrogens with zero attached hydrogens (tertiary/aromatic N) is 2. The summed E-state index contributed by atoms with van der Waals surface area (Å²) in [4.78, 5) is 43.8. The monoisotopic (exact) mass is 558 g/mol. The van der Waals surface area contributed by atoms with Crippen molar-refractivity contribution in [3.8, 4) is 5.75 Å². The van der Waals surface area contributed by atoms with Gasteiger partial charge < -0.3 is 23.7 Å². The molecule has 212 valence electrons. The number of halogens is 1. The van der Waals surface area contributed by atoms with Crippen molar-refractivity contribution in [2.75, 3.05) is 26.8 Å². The fraction of sp³-hybridized carbons (Fsp3) is 0.281. The Bertz CT molecular complexity index is 1580. The lowest BCUT2D eigenvalue weighted by atomic mass is 10.1. The number of amides is 2. The van der Waals surface area contributed by atoms with Crippen molar-refractivity contribution in [2.45, 2.75) is 32.0 Å². The normalized spacial score (nSPS) is 14.6. The van der Waals surface area contributed by atoms with Crippen LogP contribution in [0.5, 0.6) is 5.75 Å². The number of carbonyl (C=O) groups is 2. The van der Waals surface area contributed by atoms with Crippen LogP contribution < -0.4 is 10.2 Å². The predicted octanol–water partition coefficient (Wildman–Crippen LogP) is 4.79. The Labute approximate surface area is 236 Å². The van der Waals surface area contributed by atoms with E-state index in [1.54, 1.807) is 60.7 Å². The summed E-state index contributed by atoms with van der Waals surface area (Å²) in [7, 11) is 1.52. The lowest BCUT2D eigenvalue weighted by Gasteiger charge is -2.29. The van der Waals surface area contributed by atoms with Gasteiger partial charge in [0.15, 0.2) is 5.43 Å². The van der Waals surface area contributed by atoms with Crippen molar-refractivity contribution < 1.29 is 27.9 Å². The Balaban J connectivity index is 1.44. The molecule has 0 saturated carbocycles. The molecule has 1 unspecified atom stereocenters. The fourth-order valence-corrected chi connectivity index (χ4v) is 4.93. The second-order valence-electron chi connectivity index (χ2n) is 10.0. The van der Waals surface area contributed by atoms with Crippen LogP contribution in [0, 0.1) is 5.82 Å². The molecule has 0 aliphatic carbocycles. The molecule has 1 saturated heterocycles. The summed E-state index contributed by atoms with van der Waals surface area (Å²) in [5.41, 5.74) is 1.56. The zero-order valence-electron chi connectivity index (χ0n) is 22.8. The van der Waals surface area contributed by atoms with E-state index in [0.29, 0.717) is 40.0 Å². The Morgan fingerprint density at radius 2 is 1.80 bits per heavy atom. The highest BCUT2D eigenvalue weighted by Gasteiger charge is 2.28. The number of fused-ring (bicyclic) bond motifs is 1. The molecule has 1 fully saturated rings. The smallest absolute Gasteiger partial charge is 0.254 e.